The summed E-state index contributed by atoms with van der Waals surface area (Å²) in [4.78, 5) is 40.4. The first kappa shape index (κ1) is 22.7. The third kappa shape index (κ3) is 6.24. The normalized spacial score (nSPS) is 12.5. The van der Waals surface area contributed by atoms with Crippen LogP contribution in [0.25, 0.3) is 0 Å². The highest BCUT2D eigenvalue weighted by molar-refractivity contribution is 5.94. The molecule has 9 heteroatoms. The fourth-order valence-corrected chi connectivity index (χ4v) is 3.11. The maximum Gasteiger partial charge on any atom is 0.249 e. The second-order valence-corrected chi connectivity index (χ2v) is 7.53. The van der Waals surface area contributed by atoms with Crippen molar-refractivity contribution in [2.75, 3.05) is 10.6 Å². The zero-order valence-electron chi connectivity index (χ0n) is 18.2. The van der Waals surface area contributed by atoms with Crippen LogP contribution >= 0.6 is 0 Å². The van der Waals surface area contributed by atoms with Crippen molar-refractivity contribution >= 4 is 29.1 Å². The Labute approximate surface area is 186 Å². The monoisotopic (exact) mass is 434 g/mol. The van der Waals surface area contributed by atoms with Crippen LogP contribution in [-0.2, 0) is 14.4 Å². The number of rotatable bonds is 8. The number of nitrogens with one attached hydrogen (secondary N) is 3. The minimum absolute atomic E-state index is 0.0938. The lowest BCUT2D eigenvalue weighted by atomic mass is 10.0. The third-order valence-electron chi connectivity index (χ3n) is 4.90. The molecule has 0 aliphatic rings. The SMILES string of the molecule is CC(=O)NC(CC(=O)Nc1ccc(NC(=O)C(C)n2cncn2)cc1)c1ccc(C)cc1. The molecule has 0 saturated heterocycles. The van der Waals surface area contributed by atoms with Crippen LogP contribution < -0.4 is 16.0 Å². The molecular formula is C23H26N6O3. The molecule has 3 amide bonds. The molecule has 3 aromatic rings. The van der Waals surface area contributed by atoms with Crippen LogP contribution in [0.15, 0.2) is 61.2 Å². The van der Waals surface area contributed by atoms with E-state index in [9.17, 15) is 14.4 Å². The summed E-state index contributed by atoms with van der Waals surface area (Å²) >= 11 is 0. The summed E-state index contributed by atoms with van der Waals surface area (Å²) in [6.07, 6.45) is 2.95. The van der Waals surface area contributed by atoms with Crippen LogP contribution in [0.5, 0.6) is 0 Å². The van der Waals surface area contributed by atoms with Crippen LogP contribution in [0.4, 0.5) is 11.4 Å². The molecule has 0 radical (unpaired) electrons. The van der Waals surface area contributed by atoms with Gasteiger partial charge in [-0.3, -0.25) is 14.4 Å². The molecule has 0 saturated carbocycles. The molecule has 0 aliphatic carbocycles. The summed E-state index contributed by atoms with van der Waals surface area (Å²) < 4.78 is 1.46. The number of carbonyl (C=O) groups is 3. The molecule has 2 unspecified atom stereocenters. The molecule has 2 atom stereocenters. The van der Waals surface area contributed by atoms with E-state index in [1.165, 1.54) is 24.3 Å². The van der Waals surface area contributed by atoms with E-state index in [0.29, 0.717) is 11.4 Å². The Kier molecular flexibility index (Phi) is 7.33. The zero-order valence-corrected chi connectivity index (χ0v) is 18.2. The Morgan fingerprint density at radius 1 is 0.969 bits per heavy atom. The molecule has 32 heavy (non-hydrogen) atoms. The van der Waals surface area contributed by atoms with Gasteiger partial charge in [0.2, 0.25) is 17.7 Å². The minimum atomic E-state index is -0.510. The highest BCUT2D eigenvalue weighted by atomic mass is 16.2. The first-order valence-corrected chi connectivity index (χ1v) is 10.2. The van der Waals surface area contributed by atoms with Crippen LogP contribution in [0.2, 0.25) is 0 Å². The van der Waals surface area contributed by atoms with Gasteiger partial charge in [-0.15, -0.1) is 0 Å². The number of hydrogen-bond donors (Lipinski definition) is 3. The number of hydrogen-bond acceptors (Lipinski definition) is 5. The van der Waals surface area contributed by atoms with Crippen LogP contribution in [-0.4, -0.2) is 32.5 Å². The van der Waals surface area contributed by atoms with Crippen molar-refractivity contribution in [2.24, 2.45) is 0 Å². The Morgan fingerprint density at radius 3 is 2.16 bits per heavy atom. The van der Waals surface area contributed by atoms with E-state index >= 15 is 0 Å². The average molecular weight is 435 g/mol. The van der Waals surface area contributed by atoms with Gasteiger partial charge < -0.3 is 16.0 Å². The molecule has 166 valence electrons. The molecule has 1 aromatic heterocycles. The predicted octanol–water partition coefficient (Wildman–Crippen LogP) is 2.99. The lowest BCUT2D eigenvalue weighted by Crippen LogP contribution is -2.29. The zero-order chi connectivity index (χ0) is 23.1. The Morgan fingerprint density at radius 2 is 1.59 bits per heavy atom. The summed E-state index contributed by atoms with van der Waals surface area (Å²) in [7, 11) is 0. The molecule has 0 fully saturated rings. The second-order valence-electron chi connectivity index (χ2n) is 7.53. The van der Waals surface area contributed by atoms with Gasteiger partial charge in [0.25, 0.3) is 0 Å². The van der Waals surface area contributed by atoms with Gasteiger partial charge in [-0.1, -0.05) is 29.8 Å². The number of nitrogens with zero attached hydrogens (tertiary/aromatic N) is 3. The van der Waals surface area contributed by atoms with Crippen molar-refractivity contribution in [3.05, 3.63) is 72.3 Å². The number of aromatic nitrogens is 3. The summed E-state index contributed by atoms with van der Waals surface area (Å²) in [5.41, 5.74) is 3.14. The highest BCUT2D eigenvalue weighted by Crippen LogP contribution is 2.20. The van der Waals surface area contributed by atoms with Crippen molar-refractivity contribution in [1.82, 2.24) is 20.1 Å². The molecule has 9 nitrogen and oxygen atoms in total. The minimum Gasteiger partial charge on any atom is -0.349 e. The maximum atomic E-state index is 12.6. The molecule has 3 N–H and O–H groups in total. The topological polar surface area (TPSA) is 118 Å². The molecule has 2 aromatic carbocycles. The summed E-state index contributed by atoms with van der Waals surface area (Å²) in [6, 6.07) is 13.6. The standard InChI is InChI=1S/C23H26N6O3/c1-15-4-6-18(7-5-15)21(26-17(3)30)12-22(31)27-19-8-10-20(11-9-19)28-23(32)16(2)29-14-24-13-25-29/h4-11,13-14,16,21H,12H2,1-3H3,(H,26,30)(H,27,31)(H,28,32). The predicted molar refractivity (Wildman–Crippen MR) is 121 cm³/mol. The van der Waals surface area contributed by atoms with Crippen molar-refractivity contribution in [3.63, 3.8) is 0 Å². The van der Waals surface area contributed by atoms with E-state index in [1.54, 1.807) is 31.2 Å². The van der Waals surface area contributed by atoms with E-state index in [4.69, 9.17) is 0 Å². The molecule has 1 heterocycles. The number of carbonyl (C=O) groups excluding carboxylic acids is 3. The van der Waals surface area contributed by atoms with E-state index in [0.717, 1.165) is 11.1 Å². The van der Waals surface area contributed by atoms with E-state index in [2.05, 4.69) is 26.0 Å². The van der Waals surface area contributed by atoms with Gasteiger partial charge in [0, 0.05) is 18.3 Å². The summed E-state index contributed by atoms with van der Waals surface area (Å²) in [5, 5.41) is 12.4. The quantitative estimate of drug-likeness (QED) is 0.504. The molecular weight excluding hydrogens is 408 g/mol. The fraction of sp³-hybridized carbons (Fsp3) is 0.261. The van der Waals surface area contributed by atoms with Gasteiger partial charge in [-0.05, 0) is 43.7 Å². The van der Waals surface area contributed by atoms with E-state index in [1.807, 2.05) is 31.2 Å². The van der Waals surface area contributed by atoms with Gasteiger partial charge in [-0.2, -0.15) is 5.10 Å². The van der Waals surface area contributed by atoms with Gasteiger partial charge in [0.05, 0.1) is 12.5 Å². The van der Waals surface area contributed by atoms with E-state index < -0.39 is 12.1 Å². The fourth-order valence-electron chi connectivity index (χ4n) is 3.11. The lowest BCUT2D eigenvalue weighted by Gasteiger charge is -2.18. The number of anilines is 2. The Hall–Kier alpha value is -4.01. The first-order valence-electron chi connectivity index (χ1n) is 10.2. The average Bonchev–Trinajstić information content (AvgIpc) is 3.29. The smallest absolute Gasteiger partial charge is 0.249 e. The number of aryl methyl sites for hydroxylation is 1. The second kappa shape index (κ2) is 10.3. The molecule has 0 aliphatic heterocycles. The molecule has 0 spiro atoms. The highest BCUT2D eigenvalue weighted by Gasteiger charge is 2.18. The molecule has 3 rings (SSSR count). The van der Waals surface area contributed by atoms with Gasteiger partial charge in [-0.25, -0.2) is 9.67 Å². The van der Waals surface area contributed by atoms with E-state index in [-0.39, 0.29) is 24.1 Å². The van der Waals surface area contributed by atoms with Crippen molar-refractivity contribution in [3.8, 4) is 0 Å². The molecule has 0 bridgehead atoms. The third-order valence-corrected chi connectivity index (χ3v) is 4.90. The van der Waals surface area contributed by atoms with Gasteiger partial charge in [0.1, 0.15) is 18.7 Å². The number of benzene rings is 2. The van der Waals surface area contributed by atoms with Crippen LogP contribution in [0.1, 0.15) is 43.5 Å². The maximum absolute atomic E-state index is 12.6. The largest absolute Gasteiger partial charge is 0.349 e. The van der Waals surface area contributed by atoms with Crippen molar-refractivity contribution < 1.29 is 14.4 Å². The van der Waals surface area contributed by atoms with Crippen LogP contribution in [0, 0.1) is 6.92 Å². The Bertz CT molecular complexity index is 1060. The first-order chi connectivity index (χ1) is 15.3. The summed E-state index contributed by atoms with van der Waals surface area (Å²) in [6.45, 7) is 5.12. The van der Waals surface area contributed by atoms with Gasteiger partial charge in [0.15, 0.2) is 0 Å². The van der Waals surface area contributed by atoms with Crippen LogP contribution in [0.3, 0.4) is 0 Å². The van der Waals surface area contributed by atoms with Gasteiger partial charge >= 0.3 is 0 Å². The number of amides is 3. The van der Waals surface area contributed by atoms with Crippen molar-refractivity contribution in [1.29, 1.82) is 0 Å². The Balaban J connectivity index is 1.58. The summed E-state index contributed by atoms with van der Waals surface area (Å²) in [5.74, 6) is -0.673. The van der Waals surface area contributed by atoms with Crippen molar-refractivity contribution in [2.45, 2.75) is 39.3 Å². The lowest BCUT2D eigenvalue weighted by molar-refractivity contribution is -0.121.